The molecule has 5 nitrogen and oxygen atoms in total. The molecule has 6 heteroatoms. The number of aryl methyl sites for hydroxylation is 2. The molecular weight excluding hydrogens is 420 g/mol. The SMILES string of the molecule is CCNC(=O)C(C)N(Cc1cccc(C)c1)C(=O)COc1ccc(Br)c(C)c1. The van der Waals surface area contributed by atoms with E-state index in [2.05, 4.69) is 21.2 Å². The summed E-state index contributed by atoms with van der Waals surface area (Å²) < 4.78 is 6.68. The maximum atomic E-state index is 12.9. The van der Waals surface area contributed by atoms with Gasteiger partial charge in [0.05, 0.1) is 0 Å². The predicted molar refractivity (Wildman–Crippen MR) is 114 cm³/mol. The lowest BCUT2D eigenvalue weighted by molar-refractivity contribution is -0.142. The molecule has 0 fully saturated rings. The summed E-state index contributed by atoms with van der Waals surface area (Å²) in [4.78, 5) is 26.8. The highest BCUT2D eigenvalue weighted by Gasteiger charge is 2.26. The van der Waals surface area contributed by atoms with Crippen LogP contribution in [0.1, 0.15) is 30.5 Å². The number of benzene rings is 2. The number of ether oxygens (including phenoxy) is 1. The van der Waals surface area contributed by atoms with Gasteiger partial charge in [0, 0.05) is 17.6 Å². The lowest BCUT2D eigenvalue weighted by Crippen LogP contribution is -2.49. The molecule has 2 amide bonds. The Morgan fingerprint density at radius 2 is 1.93 bits per heavy atom. The molecule has 0 saturated carbocycles. The Balaban J connectivity index is 2.15. The fourth-order valence-electron chi connectivity index (χ4n) is 2.85. The van der Waals surface area contributed by atoms with E-state index in [-0.39, 0.29) is 18.4 Å². The van der Waals surface area contributed by atoms with Gasteiger partial charge < -0.3 is 15.0 Å². The van der Waals surface area contributed by atoms with Gasteiger partial charge in [-0.15, -0.1) is 0 Å². The number of halogens is 1. The monoisotopic (exact) mass is 446 g/mol. The van der Waals surface area contributed by atoms with Gasteiger partial charge in [-0.1, -0.05) is 45.8 Å². The number of likely N-dealkylation sites (N-methyl/N-ethyl adjacent to an activating group) is 1. The normalized spacial score (nSPS) is 11.6. The Kier molecular flexibility index (Phi) is 8.05. The third-order valence-corrected chi connectivity index (χ3v) is 5.34. The van der Waals surface area contributed by atoms with E-state index in [0.717, 1.165) is 21.2 Å². The zero-order chi connectivity index (χ0) is 20.7. The van der Waals surface area contributed by atoms with Crippen molar-refractivity contribution < 1.29 is 14.3 Å². The molecule has 1 N–H and O–H groups in total. The largest absolute Gasteiger partial charge is 0.484 e. The predicted octanol–water partition coefficient (Wildman–Crippen LogP) is 4.00. The van der Waals surface area contributed by atoms with Crippen LogP contribution in [0.2, 0.25) is 0 Å². The van der Waals surface area contributed by atoms with Crippen molar-refractivity contribution in [3.05, 3.63) is 63.6 Å². The van der Waals surface area contributed by atoms with Gasteiger partial charge in [-0.2, -0.15) is 0 Å². The second-order valence-electron chi connectivity index (χ2n) is 6.78. The van der Waals surface area contributed by atoms with E-state index in [1.165, 1.54) is 0 Å². The molecule has 0 aromatic heterocycles. The van der Waals surface area contributed by atoms with E-state index in [9.17, 15) is 9.59 Å². The fourth-order valence-corrected chi connectivity index (χ4v) is 3.09. The van der Waals surface area contributed by atoms with Crippen LogP contribution in [0, 0.1) is 13.8 Å². The Morgan fingerprint density at radius 3 is 2.57 bits per heavy atom. The molecule has 0 aliphatic heterocycles. The molecule has 0 spiro atoms. The maximum Gasteiger partial charge on any atom is 0.261 e. The standard InChI is InChI=1S/C22H27BrN2O3/c1-5-24-22(27)17(4)25(13-18-8-6-7-15(2)11-18)21(26)14-28-19-9-10-20(23)16(3)12-19/h6-12,17H,5,13-14H2,1-4H3,(H,24,27). The molecule has 0 bridgehead atoms. The Bertz CT molecular complexity index is 838. The minimum Gasteiger partial charge on any atom is -0.484 e. The summed E-state index contributed by atoms with van der Waals surface area (Å²) in [6.45, 7) is 8.29. The summed E-state index contributed by atoms with van der Waals surface area (Å²) in [6.07, 6.45) is 0. The zero-order valence-corrected chi connectivity index (χ0v) is 18.4. The first kappa shape index (κ1) is 22.0. The molecule has 0 aliphatic rings. The molecule has 1 unspecified atom stereocenters. The second-order valence-corrected chi connectivity index (χ2v) is 7.64. The molecular formula is C22H27BrN2O3. The molecule has 2 aromatic carbocycles. The Labute approximate surface area is 175 Å². The smallest absolute Gasteiger partial charge is 0.261 e. The van der Waals surface area contributed by atoms with Crippen LogP contribution >= 0.6 is 15.9 Å². The van der Waals surface area contributed by atoms with Gasteiger partial charge in [0.15, 0.2) is 6.61 Å². The number of amides is 2. The number of hydrogen-bond donors (Lipinski definition) is 1. The topological polar surface area (TPSA) is 58.6 Å². The third kappa shape index (κ3) is 6.09. The Hall–Kier alpha value is -2.34. The van der Waals surface area contributed by atoms with Crippen LogP contribution in [-0.4, -0.2) is 35.9 Å². The summed E-state index contributed by atoms with van der Waals surface area (Å²) in [7, 11) is 0. The van der Waals surface area contributed by atoms with Crippen molar-refractivity contribution in [2.45, 2.75) is 40.3 Å². The van der Waals surface area contributed by atoms with Gasteiger partial charge in [0.25, 0.3) is 5.91 Å². The first-order valence-corrected chi connectivity index (χ1v) is 10.1. The lowest BCUT2D eigenvalue weighted by Gasteiger charge is -2.28. The first-order valence-electron chi connectivity index (χ1n) is 9.33. The number of rotatable bonds is 8. The van der Waals surface area contributed by atoms with Gasteiger partial charge in [-0.25, -0.2) is 0 Å². The van der Waals surface area contributed by atoms with Crippen molar-refractivity contribution in [2.75, 3.05) is 13.2 Å². The van der Waals surface area contributed by atoms with Crippen LogP contribution in [0.25, 0.3) is 0 Å². The van der Waals surface area contributed by atoms with Crippen LogP contribution in [0.3, 0.4) is 0 Å². The van der Waals surface area contributed by atoms with E-state index in [1.807, 2.05) is 63.2 Å². The molecule has 0 heterocycles. The zero-order valence-electron chi connectivity index (χ0n) is 16.8. The second kappa shape index (κ2) is 10.3. The number of nitrogens with one attached hydrogen (secondary N) is 1. The molecule has 2 aromatic rings. The maximum absolute atomic E-state index is 12.9. The average Bonchev–Trinajstić information content (AvgIpc) is 2.66. The van der Waals surface area contributed by atoms with Crippen molar-refractivity contribution >= 4 is 27.7 Å². The van der Waals surface area contributed by atoms with Crippen LogP contribution in [0.4, 0.5) is 0 Å². The molecule has 0 aliphatic carbocycles. The summed E-state index contributed by atoms with van der Waals surface area (Å²) in [5.41, 5.74) is 3.11. The van der Waals surface area contributed by atoms with E-state index < -0.39 is 6.04 Å². The van der Waals surface area contributed by atoms with Gasteiger partial charge in [0.2, 0.25) is 5.91 Å². The average molecular weight is 447 g/mol. The molecule has 150 valence electrons. The molecule has 1 atom stereocenters. The minimum atomic E-state index is -0.594. The molecule has 28 heavy (non-hydrogen) atoms. The lowest BCUT2D eigenvalue weighted by atomic mass is 10.1. The molecule has 0 radical (unpaired) electrons. The number of nitrogens with zero attached hydrogens (tertiary/aromatic N) is 1. The van der Waals surface area contributed by atoms with Crippen LogP contribution in [-0.2, 0) is 16.1 Å². The van der Waals surface area contributed by atoms with E-state index >= 15 is 0 Å². The molecule has 0 saturated heterocycles. The summed E-state index contributed by atoms with van der Waals surface area (Å²) in [6, 6.07) is 12.9. The van der Waals surface area contributed by atoms with Gasteiger partial charge in [0.1, 0.15) is 11.8 Å². The van der Waals surface area contributed by atoms with Crippen molar-refractivity contribution in [1.82, 2.24) is 10.2 Å². The van der Waals surface area contributed by atoms with E-state index in [1.54, 1.807) is 11.8 Å². The van der Waals surface area contributed by atoms with Gasteiger partial charge in [-0.3, -0.25) is 9.59 Å². The van der Waals surface area contributed by atoms with Crippen molar-refractivity contribution in [3.63, 3.8) is 0 Å². The summed E-state index contributed by atoms with van der Waals surface area (Å²) in [5, 5.41) is 2.79. The highest BCUT2D eigenvalue weighted by atomic mass is 79.9. The van der Waals surface area contributed by atoms with Gasteiger partial charge >= 0.3 is 0 Å². The van der Waals surface area contributed by atoms with Crippen molar-refractivity contribution in [3.8, 4) is 5.75 Å². The third-order valence-electron chi connectivity index (χ3n) is 4.45. The van der Waals surface area contributed by atoms with E-state index in [4.69, 9.17) is 4.74 Å². The fraction of sp³-hybridized carbons (Fsp3) is 0.364. The number of carbonyl (C=O) groups is 2. The number of carbonyl (C=O) groups excluding carboxylic acids is 2. The van der Waals surface area contributed by atoms with Crippen molar-refractivity contribution in [1.29, 1.82) is 0 Å². The highest BCUT2D eigenvalue weighted by molar-refractivity contribution is 9.10. The van der Waals surface area contributed by atoms with Crippen LogP contribution in [0.5, 0.6) is 5.75 Å². The highest BCUT2D eigenvalue weighted by Crippen LogP contribution is 2.22. The quantitative estimate of drug-likeness (QED) is 0.666. The number of hydrogen-bond acceptors (Lipinski definition) is 3. The minimum absolute atomic E-state index is 0.128. The molecule has 2 rings (SSSR count). The summed E-state index contributed by atoms with van der Waals surface area (Å²) >= 11 is 3.45. The van der Waals surface area contributed by atoms with Crippen LogP contribution in [0.15, 0.2) is 46.9 Å². The van der Waals surface area contributed by atoms with Crippen molar-refractivity contribution in [2.24, 2.45) is 0 Å². The Morgan fingerprint density at radius 1 is 1.18 bits per heavy atom. The first-order chi connectivity index (χ1) is 13.3. The summed E-state index contributed by atoms with van der Waals surface area (Å²) in [5.74, 6) is 0.207. The van der Waals surface area contributed by atoms with E-state index in [0.29, 0.717) is 18.8 Å². The van der Waals surface area contributed by atoms with Crippen LogP contribution < -0.4 is 10.1 Å². The van der Waals surface area contributed by atoms with Gasteiger partial charge in [-0.05, 0) is 57.0 Å².